The molecule has 0 radical (unpaired) electrons. The van der Waals surface area contributed by atoms with Crippen molar-refractivity contribution < 1.29 is 45.8 Å². The van der Waals surface area contributed by atoms with Crippen molar-refractivity contribution in [3.8, 4) is 0 Å². The van der Waals surface area contributed by atoms with Gasteiger partial charge >= 0.3 is 12.4 Å². The molecule has 12 nitrogen and oxygen atoms in total. The quantitative estimate of drug-likeness (QED) is 0.0502. The van der Waals surface area contributed by atoms with Gasteiger partial charge in [0, 0.05) is 71.3 Å². The highest BCUT2D eigenvalue weighted by Crippen LogP contribution is 2.39. The summed E-state index contributed by atoms with van der Waals surface area (Å²) in [6.45, 7) is 20.2. The fourth-order valence-corrected chi connectivity index (χ4v) is 5.99. The van der Waals surface area contributed by atoms with Gasteiger partial charge in [0.2, 0.25) is 0 Å². The van der Waals surface area contributed by atoms with E-state index in [1.807, 2.05) is 6.07 Å². The van der Waals surface area contributed by atoms with Gasteiger partial charge in [-0.2, -0.15) is 26.3 Å². The van der Waals surface area contributed by atoms with Crippen LogP contribution in [0.25, 0.3) is 31.5 Å². The summed E-state index contributed by atoms with van der Waals surface area (Å²) < 4.78 is 78.7. The molecule has 0 bridgehead atoms. The Morgan fingerprint density at radius 1 is 0.689 bits per heavy atom. The normalized spacial score (nSPS) is 11.7. The third-order valence-electron chi connectivity index (χ3n) is 9.28. The molecule has 0 spiro atoms. The largest absolute Gasteiger partial charge is 0.407 e. The van der Waals surface area contributed by atoms with E-state index in [0.29, 0.717) is 10.9 Å². The number of nitrogens with zero attached hydrogens (tertiary/aromatic N) is 5. The fraction of sp³-hybridized carbons (Fsp3) is 0.238. The summed E-state index contributed by atoms with van der Waals surface area (Å²) in [6, 6.07) is 19.0. The lowest BCUT2D eigenvalue weighted by molar-refractivity contribution is -0.384. The zero-order chi connectivity index (χ0) is 45.7. The van der Waals surface area contributed by atoms with Crippen molar-refractivity contribution in [1.29, 1.82) is 0 Å². The molecule has 0 aliphatic heterocycles. The highest BCUT2D eigenvalue weighted by atomic mass is 79.9. The van der Waals surface area contributed by atoms with Gasteiger partial charge in [0.1, 0.15) is 0 Å². The van der Waals surface area contributed by atoms with E-state index in [-0.39, 0.29) is 46.9 Å². The number of ketones is 2. The van der Waals surface area contributed by atoms with Crippen LogP contribution in [0.15, 0.2) is 97.3 Å². The maximum Gasteiger partial charge on any atom is 0.407 e. The van der Waals surface area contributed by atoms with Gasteiger partial charge in [-0.05, 0) is 63.1 Å². The first-order chi connectivity index (χ1) is 28.3. The number of carbonyl (C=O) groups excluding carboxylic acids is 2. The molecule has 6 rings (SSSR count). The maximum absolute atomic E-state index is 13.2. The number of carbonyl (C=O) groups is 2. The van der Waals surface area contributed by atoms with Crippen LogP contribution < -0.4 is 0 Å². The van der Waals surface area contributed by atoms with Gasteiger partial charge in [0.25, 0.3) is 11.4 Å². The Hall–Kier alpha value is -6.86. The minimum Gasteiger partial charge on any atom is -0.361 e. The summed E-state index contributed by atoms with van der Waals surface area (Å²) in [5, 5.41) is 22.8. The fourth-order valence-electron chi connectivity index (χ4n) is 5.85. The number of benzene rings is 4. The number of alkyl halides is 7. The second-order valence-corrected chi connectivity index (χ2v) is 16.3. The average molecular weight is 912 g/mol. The van der Waals surface area contributed by atoms with Crippen molar-refractivity contribution in [2.45, 2.75) is 62.8 Å². The number of aromatic amines is 1. The van der Waals surface area contributed by atoms with Crippen LogP contribution in [0.1, 0.15) is 49.9 Å². The maximum atomic E-state index is 13.2. The smallest absolute Gasteiger partial charge is 0.361 e. The van der Waals surface area contributed by atoms with Crippen LogP contribution in [0, 0.1) is 33.4 Å². The Bertz CT molecular complexity index is 2740. The van der Waals surface area contributed by atoms with Crippen molar-refractivity contribution in [2.24, 2.45) is 0 Å². The summed E-state index contributed by atoms with van der Waals surface area (Å²) >= 11 is 3.17. The zero-order valence-electron chi connectivity index (χ0n) is 32.5. The predicted octanol–water partition coefficient (Wildman–Crippen LogP) is 12.3. The molecule has 0 saturated heterocycles. The number of nitrogens with one attached hydrogen (secondary N) is 1. The molecule has 0 aliphatic carbocycles. The number of hydrogen-bond acceptors (Lipinski definition) is 6. The molecule has 0 amide bonds. The van der Waals surface area contributed by atoms with E-state index in [1.54, 1.807) is 62.9 Å². The Labute approximate surface area is 351 Å². The summed E-state index contributed by atoms with van der Waals surface area (Å²) in [5.41, 5.74) is -2.20. The molecule has 0 aliphatic rings. The van der Waals surface area contributed by atoms with Crippen molar-refractivity contribution in [3.05, 3.63) is 163 Å². The van der Waals surface area contributed by atoms with E-state index < -0.39 is 54.6 Å². The first kappa shape index (κ1) is 46.8. The number of nitro benzene ring substituents is 2. The Morgan fingerprint density at radius 2 is 1.16 bits per heavy atom. The molecular weight excluding hydrogens is 878 g/mol. The van der Waals surface area contributed by atoms with Gasteiger partial charge in [0.15, 0.2) is 22.9 Å². The number of Topliss-reactive ketones (excluding diaryl/α,β-unsaturated/α-hetero) is 2. The molecular formula is C42H33BrF6N6O6. The van der Waals surface area contributed by atoms with E-state index in [1.165, 1.54) is 36.4 Å². The van der Waals surface area contributed by atoms with Gasteiger partial charge < -0.3 is 9.55 Å². The van der Waals surface area contributed by atoms with Crippen molar-refractivity contribution in [3.63, 3.8) is 0 Å². The van der Waals surface area contributed by atoms with Gasteiger partial charge in [0.05, 0.1) is 44.0 Å². The molecule has 0 unspecified atom stereocenters. The summed E-state index contributed by atoms with van der Waals surface area (Å²) in [6.07, 6.45) is -6.28. The SMILES string of the molecule is O=[N+]([O-])c1ccc2[nH]ccc2c1.[C-]#[N+]c1ccc(CC(=O)C(C)(C)Br)cc1C(F)(F)F.[C-]#[N+]c1ccc(CC(=O)C(C)(C)n2ccc3cc([N+](=O)[O-])ccc32)cc1C(F)(F)F. The number of fused-ring (bicyclic) bond motifs is 2. The molecule has 19 heteroatoms. The van der Waals surface area contributed by atoms with Crippen molar-refractivity contribution >= 4 is 72.1 Å². The molecule has 1 N–H and O–H groups in total. The Balaban J connectivity index is 0.000000224. The molecule has 6 aromatic rings. The van der Waals surface area contributed by atoms with E-state index >= 15 is 0 Å². The Morgan fingerprint density at radius 3 is 1.62 bits per heavy atom. The summed E-state index contributed by atoms with van der Waals surface area (Å²) in [7, 11) is 0. The minimum atomic E-state index is -4.69. The van der Waals surface area contributed by atoms with Crippen molar-refractivity contribution in [2.75, 3.05) is 0 Å². The number of hydrogen-bond donors (Lipinski definition) is 1. The summed E-state index contributed by atoms with van der Waals surface area (Å²) in [4.78, 5) is 53.9. The van der Waals surface area contributed by atoms with Crippen LogP contribution in [0.4, 0.5) is 49.1 Å². The predicted molar refractivity (Wildman–Crippen MR) is 219 cm³/mol. The van der Waals surface area contributed by atoms with Crippen LogP contribution in [0.5, 0.6) is 0 Å². The first-order valence-corrected chi connectivity index (χ1v) is 18.5. The van der Waals surface area contributed by atoms with Crippen molar-refractivity contribution in [1.82, 2.24) is 9.55 Å². The molecule has 2 aromatic heterocycles. The third kappa shape index (κ3) is 11.5. The molecule has 61 heavy (non-hydrogen) atoms. The number of non-ortho nitro benzene ring substituents is 2. The standard InChI is InChI=1S/C21H16F3N3O3.C13H11BrF3NO.C8H6N2O2/c1-20(2,26-9-8-14-12-15(27(29)30)5-7-18(14)26)19(28)11-13-4-6-17(25-3)16(10-13)21(22,23)24;1-12(2,14)11(19)7-8-4-5-10(18-3)9(6-8)13(15,16)17;11-10(12)7-1-2-8-6(5-7)3-4-9-8/h4-10,12H,11H2,1-2H3;4-6H,7H2,1-2H3;1-5,9H. The summed E-state index contributed by atoms with van der Waals surface area (Å²) in [5.74, 6) is -0.571. The molecule has 4 aromatic carbocycles. The first-order valence-electron chi connectivity index (χ1n) is 17.7. The number of H-pyrrole nitrogens is 1. The Kier molecular flexibility index (Phi) is 14.0. The number of halogens is 7. The van der Waals surface area contributed by atoms with Gasteiger partial charge in [-0.3, -0.25) is 29.8 Å². The van der Waals surface area contributed by atoms with Crippen LogP contribution in [-0.2, 0) is 40.3 Å². The molecule has 0 atom stereocenters. The lowest BCUT2D eigenvalue weighted by atomic mass is 9.92. The monoisotopic (exact) mass is 910 g/mol. The van der Waals surface area contributed by atoms with Gasteiger partial charge in [-0.1, -0.05) is 52.3 Å². The van der Waals surface area contributed by atoms with Gasteiger partial charge in [-0.25, -0.2) is 9.69 Å². The number of rotatable bonds is 9. The van der Waals surface area contributed by atoms with E-state index in [0.717, 1.165) is 35.2 Å². The molecule has 2 heterocycles. The second-order valence-electron chi connectivity index (χ2n) is 14.3. The zero-order valence-corrected chi connectivity index (χ0v) is 34.1. The number of aromatic nitrogens is 2. The average Bonchev–Trinajstić information content (AvgIpc) is 3.84. The van der Waals surface area contributed by atoms with Crippen LogP contribution >= 0.6 is 15.9 Å². The molecule has 0 saturated carbocycles. The number of nitro groups is 2. The second kappa shape index (κ2) is 18.2. The third-order valence-corrected chi connectivity index (χ3v) is 9.73. The van der Waals surface area contributed by atoms with Gasteiger partial charge in [-0.15, -0.1) is 0 Å². The lowest BCUT2D eigenvalue weighted by Crippen LogP contribution is -2.36. The molecule has 0 fully saturated rings. The van der Waals surface area contributed by atoms with E-state index in [2.05, 4.69) is 30.6 Å². The van der Waals surface area contributed by atoms with Crippen LogP contribution in [0.3, 0.4) is 0 Å². The highest BCUT2D eigenvalue weighted by Gasteiger charge is 2.36. The molecule has 316 valence electrons. The van der Waals surface area contributed by atoms with Crippen LogP contribution in [-0.4, -0.2) is 35.3 Å². The van der Waals surface area contributed by atoms with E-state index in [9.17, 15) is 56.2 Å². The topological polar surface area (TPSA) is 150 Å². The van der Waals surface area contributed by atoms with Crippen LogP contribution in [0.2, 0.25) is 0 Å². The lowest BCUT2D eigenvalue weighted by Gasteiger charge is -2.27. The minimum absolute atomic E-state index is 0.0797. The van der Waals surface area contributed by atoms with E-state index in [4.69, 9.17) is 13.1 Å². The highest BCUT2D eigenvalue weighted by molar-refractivity contribution is 9.10.